The Morgan fingerprint density at radius 3 is 2.33 bits per heavy atom. The number of piperidine rings is 1. The van der Waals surface area contributed by atoms with E-state index in [0.717, 1.165) is 25.1 Å². The predicted molar refractivity (Wildman–Crippen MR) is 99.7 cm³/mol. The molecule has 2 aromatic rings. The van der Waals surface area contributed by atoms with E-state index in [0.29, 0.717) is 24.0 Å². The second kappa shape index (κ2) is 8.45. The van der Waals surface area contributed by atoms with Gasteiger partial charge in [0, 0.05) is 30.3 Å². The summed E-state index contributed by atoms with van der Waals surface area (Å²) in [6, 6.07) is 14.2. The van der Waals surface area contributed by atoms with Crippen molar-refractivity contribution in [2.75, 3.05) is 18.0 Å². The molecule has 2 aromatic carbocycles. The van der Waals surface area contributed by atoms with Gasteiger partial charge < -0.3 is 10.2 Å². The van der Waals surface area contributed by atoms with Crippen molar-refractivity contribution < 1.29 is 14.0 Å². The molecule has 1 N–H and O–H groups in total. The standard InChI is InChI=1S/C21H20FN3O2/c22-18-5-3-16(4-6-18)20(13-23)24-21(27)17-9-11-25(12-10-17)19-7-1-15(14-26)2-8-19/h1-8,14,17,20H,9-12H2,(H,24,27)/t20-/m1/s1. The van der Waals surface area contributed by atoms with E-state index in [1.165, 1.54) is 24.3 Å². The van der Waals surface area contributed by atoms with Crippen LogP contribution in [0.25, 0.3) is 0 Å². The zero-order chi connectivity index (χ0) is 19.2. The molecule has 0 spiro atoms. The number of amides is 1. The van der Waals surface area contributed by atoms with Crippen molar-refractivity contribution in [1.29, 1.82) is 5.26 Å². The molecule has 5 nitrogen and oxygen atoms in total. The van der Waals surface area contributed by atoms with Gasteiger partial charge in [0.15, 0.2) is 0 Å². The van der Waals surface area contributed by atoms with E-state index in [1.54, 1.807) is 12.1 Å². The molecule has 6 heteroatoms. The first kappa shape index (κ1) is 18.6. The molecular weight excluding hydrogens is 345 g/mol. The summed E-state index contributed by atoms with van der Waals surface area (Å²) in [5.74, 6) is -0.691. The fourth-order valence-electron chi connectivity index (χ4n) is 3.27. The van der Waals surface area contributed by atoms with Gasteiger partial charge in [0.1, 0.15) is 18.1 Å². The molecule has 138 valence electrons. The molecule has 0 aromatic heterocycles. The molecule has 1 fully saturated rings. The molecular formula is C21H20FN3O2. The summed E-state index contributed by atoms with van der Waals surface area (Å²) in [6.07, 6.45) is 2.18. The van der Waals surface area contributed by atoms with Crippen LogP contribution in [-0.2, 0) is 4.79 Å². The Kier molecular flexibility index (Phi) is 5.82. The summed E-state index contributed by atoms with van der Waals surface area (Å²) in [5, 5.41) is 12.1. The molecule has 0 saturated carbocycles. The number of halogens is 1. The second-order valence-electron chi connectivity index (χ2n) is 6.59. The minimum absolute atomic E-state index is 0.151. The Morgan fingerprint density at radius 1 is 1.15 bits per heavy atom. The molecule has 0 aliphatic carbocycles. The van der Waals surface area contributed by atoms with Gasteiger partial charge in [-0.1, -0.05) is 12.1 Å². The van der Waals surface area contributed by atoms with Crippen LogP contribution in [0.3, 0.4) is 0 Å². The van der Waals surface area contributed by atoms with Gasteiger partial charge in [-0.25, -0.2) is 4.39 Å². The van der Waals surface area contributed by atoms with Gasteiger partial charge in [-0.2, -0.15) is 5.26 Å². The van der Waals surface area contributed by atoms with Crippen molar-refractivity contribution in [3.63, 3.8) is 0 Å². The minimum Gasteiger partial charge on any atom is -0.371 e. The number of hydrogen-bond donors (Lipinski definition) is 1. The van der Waals surface area contributed by atoms with Crippen LogP contribution < -0.4 is 10.2 Å². The van der Waals surface area contributed by atoms with Crippen molar-refractivity contribution in [3.05, 3.63) is 65.5 Å². The first-order valence-electron chi connectivity index (χ1n) is 8.86. The molecule has 27 heavy (non-hydrogen) atoms. The van der Waals surface area contributed by atoms with Crippen molar-refractivity contribution >= 4 is 17.9 Å². The lowest BCUT2D eigenvalue weighted by Crippen LogP contribution is -2.41. The molecule has 1 amide bonds. The van der Waals surface area contributed by atoms with Crippen LogP contribution in [0, 0.1) is 23.1 Å². The van der Waals surface area contributed by atoms with Gasteiger partial charge in [-0.3, -0.25) is 9.59 Å². The van der Waals surface area contributed by atoms with Crippen molar-refractivity contribution in [2.45, 2.75) is 18.9 Å². The Balaban J connectivity index is 1.56. The predicted octanol–water partition coefficient (Wildman–Crippen LogP) is 3.24. The van der Waals surface area contributed by atoms with Crippen molar-refractivity contribution in [2.24, 2.45) is 5.92 Å². The minimum atomic E-state index is -0.785. The van der Waals surface area contributed by atoms with E-state index in [-0.39, 0.29) is 17.6 Å². The van der Waals surface area contributed by atoms with E-state index in [9.17, 15) is 19.2 Å². The number of nitriles is 1. The topological polar surface area (TPSA) is 73.2 Å². The van der Waals surface area contributed by atoms with Gasteiger partial charge in [0.25, 0.3) is 0 Å². The lowest BCUT2D eigenvalue weighted by atomic mass is 9.94. The van der Waals surface area contributed by atoms with E-state index in [1.807, 2.05) is 12.1 Å². The maximum atomic E-state index is 13.0. The smallest absolute Gasteiger partial charge is 0.224 e. The Morgan fingerprint density at radius 2 is 1.78 bits per heavy atom. The molecule has 0 unspecified atom stereocenters. The third kappa shape index (κ3) is 4.50. The number of rotatable bonds is 5. The highest BCUT2D eigenvalue weighted by atomic mass is 19.1. The number of benzene rings is 2. The van der Waals surface area contributed by atoms with Gasteiger partial charge >= 0.3 is 0 Å². The summed E-state index contributed by atoms with van der Waals surface area (Å²) in [6.45, 7) is 1.46. The Bertz CT molecular complexity index is 835. The van der Waals surface area contributed by atoms with E-state index in [4.69, 9.17) is 0 Å². The third-order valence-electron chi connectivity index (χ3n) is 4.88. The maximum absolute atomic E-state index is 13.0. The van der Waals surface area contributed by atoms with Crippen LogP contribution in [0.1, 0.15) is 34.8 Å². The number of aldehydes is 1. The first-order valence-corrected chi connectivity index (χ1v) is 8.86. The molecule has 1 aliphatic rings. The zero-order valence-electron chi connectivity index (χ0n) is 14.8. The zero-order valence-corrected chi connectivity index (χ0v) is 14.8. The highest BCUT2D eigenvalue weighted by Gasteiger charge is 2.27. The van der Waals surface area contributed by atoms with Crippen LogP contribution in [0.15, 0.2) is 48.5 Å². The number of carbonyl (C=O) groups is 2. The highest BCUT2D eigenvalue weighted by molar-refractivity contribution is 5.80. The number of hydrogen-bond acceptors (Lipinski definition) is 4. The quantitative estimate of drug-likeness (QED) is 0.826. The average molecular weight is 365 g/mol. The third-order valence-corrected chi connectivity index (χ3v) is 4.88. The van der Waals surface area contributed by atoms with Crippen LogP contribution >= 0.6 is 0 Å². The molecule has 1 saturated heterocycles. The first-order chi connectivity index (χ1) is 13.1. The Hall–Kier alpha value is -3.20. The molecule has 3 rings (SSSR count). The summed E-state index contributed by atoms with van der Waals surface area (Å²) in [4.78, 5) is 25.5. The van der Waals surface area contributed by atoms with Crippen LogP contribution in [0.5, 0.6) is 0 Å². The summed E-state index contributed by atoms with van der Waals surface area (Å²) in [5.41, 5.74) is 2.23. The van der Waals surface area contributed by atoms with Crippen LogP contribution in [0.2, 0.25) is 0 Å². The van der Waals surface area contributed by atoms with Gasteiger partial charge in [-0.15, -0.1) is 0 Å². The van der Waals surface area contributed by atoms with Crippen molar-refractivity contribution in [1.82, 2.24) is 5.32 Å². The summed E-state index contributed by atoms with van der Waals surface area (Å²) in [7, 11) is 0. The number of nitrogens with zero attached hydrogens (tertiary/aromatic N) is 2. The van der Waals surface area contributed by atoms with E-state index < -0.39 is 6.04 Å². The van der Waals surface area contributed by atoms with Crippen LogP contribution in [-0.4, -0.2) is 25.3 Å². The largest absolute Gasteiger partial charge is 0.371 e. The number of carbonyl (C=O) groups excluding carboxylic acids is 2. The fraction of sp³-hybridized carbons (Fsp3) is 0.286. The van der Waals surface area contributed by atoms with E-state index in [2.05, 4.69) is 16.3 Å². The monoisotopic (exact) mass is 365 g/mol. The second-order valence-corrected chi connectivity index (χ2v) is 6.59. The normalized spacial score (nSPS) is 15.6. The number of nitrogens with one attached hydrogen (secondary N) is 1. The summed E-state index contributed by atoms with van der Waals surface area (Å²) >= 11 is 0. The van der Waals surface area contributed by atoms with E-state index >= 15 is 0 Å². The fourth-order valence-corrected chi connectivity index (χ4v) is 3.27. The van der Waals surface area contributed by atoms with Gasteiger partial charge in [0.2, 0.25) is 5.91 Å². The maximum Gasteiger partial charge on any atom is 0.224 e. The van der Waals surface area contributed by atoms with Crippen LogP contribution in [0.4, 0.5) is 10.1 Å². The lowest BCUT2D eigenvalue weighted by molar-refractivity contribution is -0.126. The number of anilines is 1. The molecule has 1 aliphatic heterocycles. The lowest BCUT2D eigenvalue weighted by Gasteiger charge is -2.33. The highest BCUT2D eigenvalue weighted by Crippen LogP contribution is 2.24. The average Bonchev–Trinajstić information content (AvgIpc) is 2.73. The van der Waals surface area contributed by atoms with Gasteiger partial charge in [0.05, 0.1) is 6.07 Å². The van der Waals surface area contributed by atoms with Crippen molar-refractivity contribution in [3.8, 4) is 6.07 Å². The molecule has 1 atom stereocenters. The summed E-state index contributed by atoms with van der Waals surface area (Å²) < 4.78 is 13.0. The molecule has 0 radical (unpaired) electrons. The molecule has 0 bridgehead atoms. The Labute approximate surface area is 157 Å². The molecule has 1 heterocycles. The SMILES string of the molecule is N#C[C@@H](NC(=O)C1CCN(c2ccc(C=O)cc2)CC1)c1ccc(F)cc1. The van der Waals surface area contributed by atoms with Gasteiger partial charge in [-0.05, 0) is 54.8 Å².